The van der Waals surface area contributed by atoms with Crippen molar-refractivity contribution in [1.29, 1.82) is 0 Å². The van der Waals surface area contributed by atoms with Crippen LogP contribution in [-0.2, 0) is 17.1 Å². The van der Waals surface area contributed by atoms with Gasteiger partial charge in [-0.25, -0.2) is 18.2 Å². The van der Waals surface area contributed by atoms with Crippen LogP contribution in [0.25, 0.3) is 0 Å². The Morgan fingerprint density at radius 2 is 1.10 bits per heavy atom. The van der Waals surface area contributed by atoms with E-state index in [1.54, 1.807) is 10.9 Å². The Kier molecular flexibility index (Phi) is 12.6. The van der Waals surface area contributed by atoms with Gasteiger partial charge in [0, 0.05) is 0 Å². The van der Waals surface area contributed by atoms with E-state index in [0.29, 0.717) is 5.66 Å². The first-order valence-electron chi connectivity index (χ1n) is 14.9. The van der Waals surface area contributed by atoms with Crippen molar-refractivity contribution in [2.24, 2.45) is 0 Å². The minimum atomic E-state index is -0.428. The molecule has 0 aromatic heterocycles. The van der Waals surface area contributed by atoms with Crippen molar-refractivity contribution >= 4 is 31.8 Å². The molecule has 206 valence electrons. The van der Waals surface area contributed by atoms with Crippen LogP contribution in [0.2, 0.25) is 0 Å². The molecule has 0 aliphatic heterocycles. The molecule has 0 nitrogen and oxygen atoms in total. The van der Waals surface area contributed by atoms with Crippen LogP contribution in [0.1, 0.15) is 82.4 Å². The molecule has 0 spiro atoms. The van der Waals surface area contributed by atoms with Crippen LogP contribution >= 0.6 is 15.8 Å². The molecule has 1 atom stereocenters. The summed E-state index contributed by atoms with van der Waals surface area (Å²) in [4.78, 5) is 0. The van der Waals surface area contributed by atoms with Crippen molar-refractivity contribution < 1.29 is 17.1 Å². The second kappa shape index (κ2) is 16.1. The fourth-order valence-corrected chi connectivity index (χ4v) is 13.5. The van der Waals surface area contributed by atoms with Crippen LogP contribution in [0.3, 0.4) is 0 Å². The Hall–Kier alpha value is -1.48. The minimum absolute atomic E-state index is 0. The standard InChI is InChI=1S/C31H39P2.C5H5.Fe/c1-25(32(26-15-6-2-7-16-26)27-17-8-3-9-18-27)30-23-14-24-31(30)33(28-19-10-4-11-20-28)29-21-12-5-13-22-29;1-2-4-5-3-1;/h2-3,6-9,14-18,23-25,28-29H,4-5,10-13,19-22H2,1H3;1-5H;/q2*-1;+2/t25-;;/m0../s1. The Morgan fingerprint density at radius 3 is 1.54 bits per heavy atom. The van der Waals surface area contributed by atoms with Crippen molar-refractivity contribution in [3.63, 3.8) is 0 Å². The number of rotatable bonds is 7. The molecule has 2 aliphatic carbocycles. The van der Waals surface area contributed by atoms with E-state index in [2.05, 4.69) is 85.8 Å². The average molecular weight is 595 g/mol. The molecule has 6 rings (SSSR count). The molecule has 4 aromatic carbocycles. The van der Waals surface area contributed by atoms with Crippen molar-refractivity contribution in [2.45, 2.75) is 88.1 Å². The maximum atomic E-state index is 2.56. The van der Waals surface area contributed by atoms with Gasteiger partial charge in [-0.3, -0.25) is 0 Å². The van der Waals surface area contributed by atoms with Crippen molar-refractivity contribution in [3.8, 4) is 0 Å². The van der Waals surface area contributed by atoms with Crippen LogP contribution in [0.15, 0.2) is 109 Å². The summed E-state index contributed by atoms with van der Waals surface area (Å²) >= 11 is 0. The topological polar surface area (TPSA) is 0 Å². The third-order valence-electron chi connectivity index (χ3n) is 8.50. The smallest absolute Gasteiger partial charge is 0.214 e. The van der Waals surface area contributed by atoms with Crippen LogP contribution < -0.4 is 15.9 Å². The molecule has 0 saturated heterocycles. The molecule has 0 amide bonds. The van der Waals surface area contributed by atoms with Crippen molar-refractivity contribution in [2.75, 3.05) is 0 Å². The van der Waals surface area contributed by atoms with Gasteiger partial charge in [0.1, 0.15) is 0 Å². The van der Waals surface area contributed by atoms with E-state index in [4.69, 9.17) is 0 Å². The maximum absolute atomic E-state index is 2.56. The SMILES string of the molecule is C[C@@H](c1cc[cH-]c1P(C1CCCCC1)C1CCCCC1)P(c1ccccc1)c1ccccc1.[Fe+2].c1cc[cH-]c1. The van der Waals surface area contributed by atoms with Crippen molar-refractivity contribution in [3.05, 3.63) is 115 Å². The minimum Gasteiger partial charge on any atom is -0.214 e. The molecule has 0 radical (unpaired) electrons. The summed E-state index contributed by atoms with van der Waals surface area (Å²) in [6.45, 7) is 2.53. The summed E-state index contributed by atoms with van der Waals surface area (Å²) in [5, 5.41) is 4.81. The van der Waals surface area contributed by atoms with Gasteiger partial charge < -0.3 is 0 Å². The molecule has 0 unspecified atom stereocenters. The molecule has 2 saturated carbocycles. The van der Waals surface area contributed by atoms with Crippen LogP contribution in [-0.4, -0.2) is 11.3 Å². The number of benzene rings is 2. The van der Waals surface area contributed by atoms with E-state index < -0.39 is 7.92 Å². The first-order chi connectivity index (χ1) is 18.8. The first-order valence-corrected chi connectivity index (χ1v) is 17.8. The zero-order chi connectivity index (χ0) is 26.0. The second-order valence-electron chi connectivity index (χ2n) is 11.0. The Balaban J connectivity index is 0.000000530. The quantitative estimate of drug-likeness (QED) is 0.114. The van der Waals surface area contributed by atoms with E-state index in [1.807, 2.05) is 30.3 Å². The summed E-state index contributed by atoms with van der Waals surface area (Å²) in [6, 6.07) is 40.1. The summed E-state index contributed by atoms with van der Waals surface area (Å²) in [6.07, 6.45) is 14.7. The summed E-state index contributed by atoms with van der Waals surface area (Å²) in [7, 11) is -0.489. The zero-order valence-electron chi connectivity index (χ0n) is 23.4. The van der Waals surface area contributed by atoms with Gasteiger partial charge in [-0.1, -0.05) is 114 Å². The largest absolute Gasteiger partial charge is 2.00 e. The van der Waals surface area contributed by atoms with Gasteiger partial charge in [0.2, 0.25) is 0 Å². The van der Waals surface area contributed by atoms with E-state index in [9.17, 15) is 0 Å². The summed E-state index contributed by atoms with van der Waals surface area (Å²) in [5.74, 6) is 0. The van der Waals surface area contributed by atoms with Crippen LogP contribution in [0.4, 0.5) is 0 Å². The van der Waals surface area contributed by atoms with Gasteiger partial charge in [0.05, 0.1) is 0 Å². The second-order valence-corrected chi connectivity index (χ2v) is 16.3. The van der Waals surface area contributed by atoms with E-state index in [1.165, 1.54) is 74.8 Å². The fourth-order valence-electron chi connectivity index (χ4n) is 6.66. The predicted octanol–water partition coefficient (Wildman–Crippen LogP) is 9.77. The van der Waals surface area contributed by atoms with E-state index in [-0.39, 0.29) is 25.0 Å². The molecule has 2 fully saturated rings. The Morgan fingerprint density at radius 1 is 0.615 bits per heavy atom. The van der Waals surface area contributed by atoms with E-state index in [0.717, 1.165) is 11.3 Å². The van der Waals surface area contributed by atoms with Gasteiger partial charge in [-0.05, 0) is 61.2 Å². The molecular weight excluding hydrogens is 550 g/mol. The molecule has 2 aliphatic rings. The van der Waals surface area contributed by atoms with E-state index >= 15 is 0 Å². The molecule has 4 aromatic rings. The Bertz CT molecular complexity index is 1080. The van der Waals surface area contributed by atoms with Gasteiger partial charge in [-0.15, -0.1) is 5.30 Å². The third-order valence-corrected chi connectivity index (χ3v) is 14.8. The summed E-state index contributed by atoms with van der Waals surface area (Å²) < 4.78 is 0. The fraction of sp³-hybridized carbons (Fsp3) is 0.389. The van der Waals surface area contributed by atoms with Crippen molar-refractivity contribution in [1.82, 2.24) is 0 Å². The average Bonchev–Trinajstić information content (AvgIpc) is 3.72. The molecule has 3 heteroatoms. The molecule has 0 heterocycles. The van der Waals surface area contributed by atoms with Gasteiger partial charge in [0.15, 0.2) is 0 Å². The zero-order valence-corrected chi connectivity index (χ0v) is 26.3. The van der Waals surface area contributed by atoms with Crippen LogP contribution in [0, 0.1) is 0 Å². The predicted molar refractivity (Wildman–Crippen MR) is 172 cm³/mol. The third kappa shape index (κ3) is 8.05. The molecule has 0 N–H and O–H groups in total. The summed E-state index contributed by atoms with van der Waals surface area (Å²) in [5.41, 5.74) is 4.15. The first kappa shape index (κ1) is 30.5. The van der Waals surface area contributed by atoms with Gasteiger partial charge >= 0.3 is 17.1 Å². The molecule has 39 heavy (non-hydrogen) atoms. The maximum Gasteiger partial charge on any atom is 2.00 e. The van der Waals surface area contributed by atoms with Gasteiger partial charge in [0.25, 0.3) is 0 Å². The molecular formula is C36H44FeP2. The van der Waals surface area contributed by atoms with Crippen LogP contribution in [0.5, 0.6) is 0 Å². The monoisotopic (exact) mass is 594 g/mol. The Labute approximate surface area is 250 Å². The number of hydrogen-bond acceptors (Lipinski definition) is 0. The van der Waals surface area contributed by atoms with Gasteiger partial charge in [-0.2, -0.15) is 35.9 Å². The normalized spacial score (nSPS) is 17.3. The molecule has 0 bridgehead atoms. The number of hydrogen-bond donors (Lipinski definition) is 0.